The maximum absolute atomic E-state index is 5.45. The SMILES string of the molecule is Cn1cc(CCNCc2ccc(I)o2)cn1. The van der Waals surface area contributed by atoms with E-state index in [0.717, 1.165) is 29.0 Å². The maximum atomic E-state index is 5.45. The highest BCUT2D eigenvalue weighted by molar-refractivity contribution is 14.1. The molecule has 86 valence electrons. The minimum Gasteiger partial charge on any atom is -0.454 e. The van der Waals surface area contributed by atoms with Crippen molar-refractivity contribution in [2.24, 2.45) is 7.05 Å². The van der Waals surface area contributed by atoms with Crippen molar-refractivity contribution >= 4 is 22.6 Å². The van der Waals surface area contributed by atoms with Crippen LogP contribution < -0.4 is 5.32 Å². The third-order valence-electron chi connectivity index (χ3n) is 2.28. The fraction of sp³-hybridized carbons (Fsp3) is 0.364. The zero-order valence-electron chi connectivity index (χ0n) is 9.11. The number of halogens is 1. The van der Waals surface area contributed by atoms with E-state index in [4.69, 9.17) is 4.42 Å². The van der Waals surface area contributed by atoms with Crippen molar-refractivity contribution in [3.8, 4) is 0 Å². The van der Waals surface area contributed by atoms with E-state index in [1.165, 1.54) is 5.56 Å². The molecule has 0 bridgehead atoms. The van der Waals surface area contributed by atoms with Crippen molar-refractivity contribution < 1.29 is 4.42 Å². The third kappa shape index (κ3) is 3.34. The highest BCUT2D eigenvalue weighted by Gasteiger charge is 1.99. The second kappa shape index (κ2) is 5.49. The Kier molecular flexibility index (Phi) is 4.00. The topological polar surface area (TPSA) is 43.0 Å². The van der Waals surface area contributed by atoms with E-state index < -0.39 is 0 Å². The van der Waals surface area contributed by atoms with Gasteiger partial charge < -0.3 is 9.73 Å². The molecular weight excluding hydrogens is 317 g/mol. The lowest BCUT2D eigenvalue weighted by Gasteiger charge is -2.00. The number of aromatic nitrogens is 2. The quantitative estimate of drug-likeness (QED) is 0.673. The Hall–Kier alpha value is -0.820. The van der Waals surface area contributed by atoms with Gasteiger partial charge in [0.1, 0.15) is 5.76 Å². The first-order chi connectivity index (χ1) is 7.74. The Bertz CT molecular complexity index is 407. The molecule has 2 aromatic rings. The van der Waals surface area contributed by atoms with Gasteiger partial charge in [0, 0.05) is 13.2 Å². The molecule has 0 saturated heterocycles. The summed E-state index contributed by atoms with van der Waals surface area (Å²) in [5.74, 6) is 0.982. The normalized spacial score (nSPS) is 10.9. The van der Waals surface area contributed by atoms with Crippen LogP contribution in [0, 0.1) is 3.77 Å². The number of furan rings is 1. The number of nitrogens with zero attached hydrogens (tertiary/aromatic N) is 2. The van der Waals surface area contributed by atoms with Gasteiger partial charge in [0.2, 0.25) is 0 Å². The molecule has 2 rings (SSSR count). The first-order valence-electron chi connectivity index (χ1n) is 5.16. The van der Waals surface area contributed by atoms with E-state index in [1.54, 1.807) is 0 Å². The van der Waals surface area contributed by atoms with Crippen molar-refractivity contribution in [2.75, 3.05) is 6.54 Å². The molecule has 2 aromatic heterocycles. The first kappa shape index (κ1) is 11.7. The van der Waals surface area contributed by atoms with Crippen LogP contribution in [-0.2, 0) is 20.0 Å². The predicted octanol–water partition coefficient (Wildman–Crippen LogP) is 1.95. The highest BCUT2D eigenvalue weighted by atomic mass is 127. The summed E-state index contributed by atoms with van der Waals surface area (Å²) >= 11 is 2.17. The molecular formula is C11H14IN3O. The smallest absolute Gasteiger partial charge is 0.164 e. The van der Waals surface area contributed by atoms with Gasteiger partial charge in [-0.1, -0.05) is 0 Å². The molecule has 4 nitrogen and oxygen atoms in total. The fourth-order valence-corrected chi connectivity index (χ4v) is 1.95. The molecule has 0 aliphatic heterocycles. The van der Waals surface area contributed by atoms with Crippen LogP contribution in [0.1, 0.15) is 11.3 Å². The standard InChI is InChI=1S/C11H14IN3O/c1-15-8-9(6-14-15)4-5-13-7-10-2-3-11(12)16-10/h2-3,6,8,13H,4-5,7H2,1H3. The summed E-state index contributed by atoms with van der Waals surface area (Å²) in [6.07, 6.45) is 4.93. The van der Waals surface area contributed by atoms with Crippen molar-refractivity contribution in [3.63, 3.8) is 0 Å². The van der Waals surface area contributed by atoms with Gasteiger partial charge in [0.25, 0.3) is 0 Å². The monoisotopic (exact) mass is 331 g/mol. The van der Waals surface area contributed by atoms with Gasteiger partial charge in [-0.05, 0) is 53.3 Å². The summed E-state index contributed by atoms with van der Waals surface area (Å²) in [6.45, 7) is 1.71. The summed E-state index contributed by atoms with van der Waals surface area (Å²) in [5.41, 5.74) is 1.25. The summed E-state index contributed by atoms with van der Waals surface area (Å²) in [4.78, 5) is 0. The first-order valence-corrected chi connectivity index (χ1v) is 6.24. The molecule has 0 spiro atoms. The van der Waals surface area contributed by atoms with Crippen molar-refractivity contribution in [1.82, 2.24) is 15.1 Å². The zero-order chi connectivity index (χ0) is 11.4. The molecule has 0 fully saturated rings. The minimum atomic E-state index is 0.781. The maximum Gasteiger partial charge on any atom is 0.164 e. The van der Waals surface area contributed by atoms with Gasteiger partial charge >= 0.3 is 0 Å². The third-order valence-corrected chi connectivity index (χ3v) is 2.86. The number of hydrogen-bond donors (Lipinski definition) is 1. The van der Waals surface area contributed by atoms with E-state index in [1.807, 2.05) is 36.3 Å². The molecule has 1 N–H and O–H groups in total. The van der Waals surface area contributed by atoms with Crippen LogP contribution in [0.2, 0.25) is 0 Å². The summed E-state index contributed by atoms with van der Waals surface area (Å²) in [7, 11) is 1.93. The Morgan fingerprint density at radius 3 is 3.00 bits per heavy atom. The van der Waals surface area contributed by atoms with Crippen LogP contribution >= 0.6 is 22.6 Å². The average Bonchev–Trinajstić information content (AvgIpc) is 2.83. The second-order valence-electron chi connectivity index (χ2n) is 3.65. The van der Waals surface area contributed by atoms with Gasteiger partial charge in [-0.3, -0.25) is 4.68 Å². The van der Waals surface area contributed by atoms with Crippen LogP contribution in [0.5, 0.6) is 0 Å². The Balaban J connectivity index is 1.69. The minimum absolute atomic E-state index is 0.781. The van der Waals surface area contributed by atoms with Crippen LogP contribution in [-0.4, -0.2) is 16.3 Å². The van der Waals surface area contributed by atoms with Crippen LogP contribution in [0.4, 0.5) is 0 Å². The van der Waals surface area contributed by atoms with E-state index >= 15 is 0 Å². The Morgan fingerprint density at radius 1 is 1.50 bits per heavy atom. The summed E-state index contributed by atoms with van der Waals surface area (Å²) < 4.78 is 8.20. The zero-order valence-corrected chi connectivity index (χ0v) is 11.3. The largest absolute Gasteiger partial charge is 0.454 e. The van der Waals surface area contributed by atoms with Crippen molar-refractivity contribution in [3.05, 3.63) is 39.6 Å². The number of nitrogens with one attached hydrogen (secondary N) is 1. The van der Waals surface area contributed by atoms with Crippen LogP contribution in [0.25, 0.3) is 0 Å². The number of hydrogen-bond acceptors (Lipinski definition) is 3. The lowest BCUT2D eigenvalue weighted by atomic mass is 10.2. The Labute approximate surface area is 108 Å². The summed E-state index contributed by atoms with van der Waals surface area (Å²) in [5, 5.41) is 7.46. The second-order valence-corrected chi connectivity index (χ2v) is 4.72. The number of aryl methyl sites for hydroxylation is 1. The van der Waals surface area contributed by atoms with E-state index in [-0.39, 0.29) is 0 Å². The van der Waals surface area contributed by atoms with Crippen molar-refractivity contribution in [1.29, 1.82) is 0 Å². The lowest BCUT2D eigenvalue weighted by molar-refractivity contribution is 0.464. The average molecular weight is 331 g/mol. The molecule has 0 amide bonds. The molecule has 0 atom stereocenters. The molecule has 0 aliphatic carbocycles. The molecule has 16 heavy (non-hydrogen) atoms. The van der Waals surface area contributed by atoms with Gasteiger partial charge in [-0.15, -0.1) is 0 Å². The lowest BCUT2D eigenvalue weighted by Crippen LogP contribution is -2.16. The number of rotatable bonds is 5. The predicted molar refractivity (Wildman–Crippen MR) is 70.0 cm³/mol. The molecule has 2 heterocycles. The molecule has 0 aliphatic rings. The van der Waals surface area contributed by atoms with Crippen molar-refractivity contribution in [2.45, 2.75) is 13.0 Å². The van der Waals surface area contributed by atoms with Gasteiger partial charge in [-0.2, -0.15) is 5.10 Å². The Morgan fingerprint density at radius 2 is 2.38 bits per heavy atom. The van der Waals surface area contributed by atoms with E-state index in [0.29, 0.717) is 0 Å². The molecule has 0 saturated carbocycles. The van der Waals surface area contributed by atoms with E-state index in [9.17, 15) is 0 Å². The molecule has 5 heteroatoms. The van der Waals surface area contributed by atoms with Crippen LogP contribution in [0.15, 0.2) is 28.9 Å². The highest BCUT2D eigenvalue weighted by Crippen LogP contribution is 2.09. The van der Waals surface area contributed by atoms with Crippen LogP contribution in [0.3, 0.4) is 0 Å². The molecule has 0 aromatic carbocycles. The van der Waals surface area contributed by atoms with Gasteiger partial charge in [0.05, 0.1) is 12.7 Å². The summed E-state index contributed by atoms with van der Waals surface area (Å²) in [6, 6.07) is 3.97. The van der Waals surface area contributed by atoms with E-state index in [2.05, 4.69) is 33.0 Å². The fourth-order valence-electron chi connectivity index (χ4n) is 1.49. The molecule has 0 radical (unpaired) electrons. The molecule has 0 unspecified atom stereocenters. The van der Waals surface area contributed by atoms with Gasteiger partial charge in [-0.25, -0.2) is 0 Å². The van der Waals surface area contributed by atoms with Gasteiger partial charge in [0.15, 0.2) is 3.77 Å².